The topological polar surface area (TPSA) is 95.1 Å². The average Bonchev–Trinajstić information content (AvgIpc) is 2.62. The van der Waals surface area contributed by atoms with Gasteiger partial charge in [-0.25, -0.2) is 9.78 Å². The SMILES string of the molecule is CNc1c(C(=O)O)c(=O)[nH]c2scnc12. The summed E-state index contributed by atoms with van der Waals surface area (Å²) >= 11 is 1.25. The molecule has 2 aromatic rings. The lowest BCUT2D eigenvalue weighted by atomic mass is 10.2. The van der Waals surface area contributed by atoms with Gasteiger partial charge in [-0.2, -0.15) is 0 Å². The van der Waals surface area contributed by atoms with Crippen LogP contribution in [0.1, 0.15) is 10.4 Å². The van der Waals surface area contributed by atoms with Gasteiger partial charge in [-0.1, -0.05) is 0 Å². The van der Waals surface area contributed by atoms with Gasteiger partial charge in [0.15, 0.2) is 0 Å². The van der Waals surface area contributed by atoms with Crippen LogP contribution in [-0.4, -0.2) is 28.1 Å². The number of aromatic amines is 1. The minimum absolute atomic E-state index is 0.252. The van der Waals surface area contributed by atoms with Crippen molar-refractivity contribution in [1.29, 1.82) is 0 Å². The number of carbonyl (C=O) groups is 1. The van der Waals surface area contributed by atoms with Crippen molar-refractivity contribution in [1.82, 2.24) is 9.97 Å². The molecule has 0 aromatic carbocycles. The predicted octanol–water partition coefficient (Wildman–Crippen LogP) is 0.724. The van der Waals surface area contributed by atoms with Crippen LogP contribution in [-0.2, 0) is 0 Å². The third-order valence-corrected chi connectivity index (χ3v) is 2.71. The van der Waals surface area contributed by atoms with Crippen LogP contribution in [0.4, 0.5) is 5.69 Å². The molecular weight excluding hydrogens is 218 g/mol. The Bertz CT molecular complexity index is 586. The molecule has 0 saturated heterocycles. The summed E-state index contributed by atoms with van der Waals surface area (Å²) in [6, 6.07) is 0. The summed E-state index contributed by atoms with van der Waals surface area (Å²) in [5, 5.41) is 11.6. The lowest BCUT2D eigenvalue weighted by molar-refractivity contribution is 0.0696. The van der Waals surface area contributed by atoms with Crippen molar-refractivity contribution in [3.05, 3.63) is 21.4 Å². The number of nitrogens with zero attached hydrogens (tertiary/aromatic N) is 1. The summed E-state index contributed by atoms with van der Waals surface area (Å²) in [5.41, 5.74) is 1.34. The fourth-order valence-corrected chi connectivity index (χ4v) is 2.04. The maximum atomic E-state index is 11.5. The van der Waals surface area contributed by atoms with Crippen LogP contribution in [0.5, 0.6) is 0 Å². The molecule has 0 aliphatic heterocycles. The van der Waals surface area contributed by atoms with Crippen molar-refractivity contribution in [3.63, 3.8) is 0 Å². The van der Waals surface area contributed by atoms with Gasteiger partial charge in [0.05, 0.1) is 11.2 Å². The highest BCUT2D eigenvalue weighted by molar-refractivity contribution is 7.16. The third kappa shape index (κ3) is 1.37. The summed E-state index contributed by atoms with van der Waals surface area (Å²) in [6.45, 7) is 0. The van der Waals surface area contributed by atoms with Crippen molar-refractivity contribution < 1.29 is 9.90 Å². The summed E-state index contributed by atoms with van der Waals surface area (Å²) in [5.74, 6) is -1.27. The molecule has 0 radical (unpaired) electrons. The number of pyridine rings is 1. The van der Waals surface area contributed by atoms with E-state index in [1.807, 2.05) is 0 Å². The highest BCUT2D eigenvalue weighted by atomic mass is 32.1. The standard InChI is InChI=1S/C8H7N3O3S/c1-9-4-3(8(13)14)6(12)11-7-5(4)10-2-15-7/h2H,1H3,(H,13,14)(H2,9,11,12). The van der Waals surface area contributed by atoms with Crippen molar-refractivity contribution in [2.75, 3.05) is 12.4 Å². The van der Waals surface area contributed by atoms with Crippen LogP contribution in [0.3, 0.4) is 0 Å². The first-order valence-electron chi connectivity index (χ1n) is 4.05. The van der Waals surface area contributed by atoms with Crippen LogP contribution in [0.25, 0.3) is 10.3 Å². The molecule has 0 atom stereocenters. The van der Waals surface area contributed by atoms with E-state index in [9.17, 15) is 9.59 Å². The van der Waals surface area contributed by atoms with Gasteiger partial charge in [-0.15, -0.1) is 11.3 Å². The lowest BCUT2D eigenvalue weighted by Crippen LogP contribution is -2.19. The molecule has 6 nitrogen and oxygen atoms in total. The van der Waals surface area contributed by atoms with Gasteiger partial charge in [0.2, 0.25) is 0 Å². The first kappa shape index (κ1) is 9.66. The molecule has 0 bridgehead atoms. The Kier molecular flexibility index (Phi) is 2.16. The largest absolute Gasteiger partial charge is 0.477 e. The molecule has 3 N–H and O–H groups in total. The molecule has 0 spiro atoms. The highest BCUT2D eigenvalue weighted by Gasteiger charge is 2.18. The molecule has 0 unspecified atom stereocenters. The Morgan fingerprint density at radius 2 is 2.40 bits per heavy atom. The van der Waals surface area contributed by atoms with Crippen LogP contribution in [0.2, 0.25) is 0 Å². The second-order valence-corrected chi connectivity index (χ2v) is 3.64. The van der Waals surface area contributed by atoms with Crippen molar-refractivity contribution >= 4 is 33.3 Å². The molecule has 7 heteroatoms. The second-order valence-electron chi connectivity index (χ2n) is 2.79. The van der Waals surface area contributed by atoms with Crippen molar-refractivity contribution in [2.45, 2.75) is 0 Å². The number of fused-ring (bicyclic) bond motifs is 1. The van der Waals surface area contributed by atoms with Crippen LogP contribution in [0, 0.1) is 0 Å². The van der Waals surface area contributed by atoms with Crippen LogP contribution < -0.4 is 10.9 Å². The monoisotopic (exact) mass is 225 g/mol. The molecule has 78 valence electrons. The van der Waals surface area contributed by atoms with E-state index in [1.54, 1.807) is 12.6 Å². The van der Waals surface area contributed by atoms with Gasteiger partial charge in [0, 0.05) is 7.05 Å². The number of carboxylic acids is 1. The number of aromatic nitrogens is 2. The normalized spacial score (nSPS) is 10.5. The quantitative estimate of drug-likeness (QED) is 0.700. The van der Waals surface area contributed by atoms with Gasteiger partial charge in [-0.3, -0.25) is 4.79 Å². The Labute approximate surface area is 87.6 Å². The molecule has 0 fully saturated rings. The zero-order valence-electron chi connectivity index (χ0n) is 7.70. The van der Waals surface area contributed by atoms with Gasteiger partial charge < -0.3 is 15.4 Å². The number of H-pyrrole nitrogens is 1. The van der Waals surface area contributed by atoms with Crippen LogP contribution >= 0.6 is 11.3 Å². The number of hydrogen-bond acceptors (Lipinski definition) is 5. The minimum atomic E-state index is -1.27. The van der Waals surface area contributed by atoms with E-state index in [1.165, 1.54) is 11.3 Å². The van der Waals surface area contributed by atoms with Crippen molar-refractivity contribution in [2.24, 2.45) is 0 Å². The fourth-order valence-electron chi connectivity index (χ4n) is 1.36. The summed E-state index contributed by atoms with van der Waals surface area (Å²) in [6.07, 6.45) is 0. The number of anilines is 1. The van der Waals surface area contributed by atoms with Gasteiger partial charge in [0.25, 0.3) is 5.56 Å². The van der Waals surface area contributed by atoms with Gasteiger partial charge in [0.1, 0.15) is 15.9 Å². The molecule has 0 aliphatic rings. The number of nitrogens with one attached hydrogen (secondary N) is 2. The average molecular weight is 225 g/mol. The molecule has 15 heavy (non-hydrogen) atoms. The highest BCUT2D eigenvalue weighted by Crippen LogP contribution is 2.24. The Hall–Kier alpha value is -1.89. The summed E-state index contributed by atoms with van der Waals surface area (Å²) in [4.78, 5) is 29.4. The fraction of sp³-hybridized carbons (Fsp3) is 0.125. The van der Waals surface area contributed by atoms with E-state index in [4.69, 9.17) is 5.11 Å². The molecular formula is C8H7N3O3S. The summed E-state index contributed by atoms with van der Waals surface area (Å²) < 4.78 is 0. The summed E-state index contributed by atoms with van der Waals surface area (Å²) in [7, 11) is 1.56. The van der Waals surface area contributed by atoms with E-state index in [-0.39, 0.29) is 11.3 Å². The Morgan fingerprint density at radius 1 is 1.67 bits per heavy atom. The minimum Gasteiger partial charge on any atom is -0.477 e. The van der Waals surface area contributed by atoms with Gasteiger partial charge >= 0.3 is 5.97 Å². The van der Waals surface area contributed by atoms with E-state index in [0.717, 1.165) is 0 Å². The molecule has 2 aromatic heterocycles. The molecule has 0 saturated carbocycles. The first-order chi connectivity index (χ1) is 7.15. The third-order valence-electron chi connectivity index (χ3n) is 1.97. The maximum absolute atomic E-state index is 11.5. The molecule has 0 amide bonds. The van der Waals surface area contributed by atoms with E-state index >= 15 is 0 Å². The molecule has 2 heterocycles. The van der Waals surface area contributed by atoms with E-state index in [0.29, 0.717) is 10.3 Å². The Balaban J connectivity index is 2.94. The number of rotatable bonds is 2. The zero-order valence-corrected chi connectivity index (χ0v) is 8.51. The van der Waals surface area contributed by atoms with E-state index < -0.39 is 11.5 Å². The number of aromatic carboxylic acids is 1. The number of thiazole rings is 1. The Morgan fingerprint density at radius 3 is 3.00 bits per heavy atom. The maximum Gasteiger partial charge on any atom is 0.343 e. The second kappa shape index (κ2) is 3.35. The first-order valence-corrected chi connectivity index (χ1v) is 4.93. The molecule has 2 rings (SSSR count). The smallest absolute Gasteiger partial charge is 0.343 e. The van der Waals surface area contributed by atoms with Crippen LogP contribution in [0.15, 0.2) is 10.3 Å². The predicted molar refractivity (Wildman–Crippen MR) is 56.7 cm³/mol. The van der Waals surface area contributed by atoms with E-state index in [2.05, 4.69) is 15.3 Å². The number of hydrogen-bond donors (Lipinski definition) is 3. The van der Waals surface area contributed by atoms with Crippen molar-refractivity contribution in [3.8, 4) is 0 Å². The zero-order chi connectivity index (χ0) is 11.0. The number of carboxylic acid groups (broad SMARTS) is 1. The van der Waals surface area contributed by atoms with Gasteiger partial charge in [-0.05, 0) is 0 Å². The molecule has 0 aliphatic carbocycles. The lowest BCUT2D eigenvalue weighted by Gasteiger charge is -2.04.